The van der Waals surface area contributed by atoms with Crippen LogP contribution in [-0.2, 0) is 0 Å². The van der Waals surface area contributed by atoms with Crippen LogP contribution in [0.2, 0.25) is 0 Å². The standard InChI is InChI=1S/C11H9BrN2O.C2H6/c12-7-3-8-9(10(15)6-1-2-6)5-14-11(8)13-4-7;1-2/h3-6H,1-2H2,(H,13,14);1-2H3. The van der Waals surface area contributed by atoms with Gasteiger partial charge in [0.2, 0.25) is 0 Å². The van der Waals surface area contributed by atoms with Gasteiger partial charge >= 0.3 is 0 Å². The van der Waals surface area contributed by atoms with Gasteiger partial charge in [-0.15, -0.1) is 0 Å². The molecule has 2 aromatic rings. The molecular weight excluding hydrogens is 280 g/mol. The number of hydrogen-bond donors (Lipinski definition) is 1. The SMILES string of the molecule is CC.O=C(c1c[nH]c2ncc(Br)cc12)C1CC1. The average molecular weight is 295 g/mol. The Morgan fingerprint density at radius 1 is 1.47 bits per heavy atom. The lowest BCUT2D eigenvalue weighted by Crippen LogP contribution is -1.99. The summed E-state index contributed by atoms with van der Waals surface area (Å²) in [4.78, 5) is 19.2. The van der Waals surface area contributed by atoms with Gasteiger partial charge in [0.1, 0.15) is 5.65 Å². The van der Waals surface area contributed by atoms with Gasteiger partial charge in [-0.1, -0.05) is 13.8 Å². The molecule has 1 fully saturated rings. The monoisotopic (exact) mass is 294 g/mol. The summed E-state index contributed by atoms with van der Waals surface area (Å²) in [5.41, 5.74) is 1.56. The fourth-order valence-corrected chi connectivity index (χ4v) is 2.08. The fraction of sp³-hybridized carbons (Fsp3) is 0.385. The molecule has 1 aliphatic carbocycles. The van der Waals surface area contributed by atoms with Gasteiger partial charge in [-0.2, -0.15) is 0 Å². The highest BCUT2D eigenvalue weighted by molar-refractivity contribution is 9.10. The molecule has 0 radical (unpaired) electrons. The summed E-state index contributed by atoms with van der Waals surface area (Å²) in [6, 6.07) is 1.94. The molecule has 0 bridgehead atoms. The Hall–Kier alpha value is -1.16. The Kier molecular flexibility index (Phi) is 3.62. The highest BCUT2D eigenvalue weighted by Gasteiger charge is 2.31. The lowest BCUT2D eigenvalue weighted by Gasteiger charge is -1.96. The minimum atomic E-state index is 0.251. The van der Waals surface area contributed by atoms with Crippen molar-refractivity contribution >= 4 is 32.7 Å². The molecule has 1 saturated carbocycles. The van der Waals surface area contributed by atoms with Crippen LogP contribution in [0.1, 0.15) is 37.0 Å². The van der Waals surface area contributed by atoms with E-state index in [-0.39, 0.29) is 11.7 Å². The summed E-state index contributed by atoms with van der Waals surface area (Å²) < 4.78 is 0.902. The minimum absolute atomic E-state index is 0.251. The third kappa shape index (κ3) is 2.41. The zero-order chi connectivity index (χ0) is 12.4. The molecule has 3 nitrogen and oxygen atoms in total. The van der Waals surface area contributed by atoms with E-state index in [4.69, 9.17) is 0 Å². The Morgan fingerprint density at radius 2 is 2.18 bits per heavy atom. The van der Waals surface area contributed by atoms with E-state index in [2.05, 4.69) is 25.9 Å². The predicted molar refractivity (Wildman–Crippen MR) is 72.2 cm³/mol. The number of aromatic amines is 1. The second kappa shape index (κ2) is 5.00. The smallest absolute Gasteiger partial charge is 0.168 e. The van der Waals surface area contributed by atoms with E-state index in [1.54, 1.807) is 12.4 Å². The molecule has 0 saturated heterocycles. The predicted octanol–water partition coefficient (Wildman–Crippen LogP) is 3.94. The third-order valence-corrected chi connectivity index (χ3v) is 3.14. The van der Waals surface area contributed by atoms with Gasteiger partial charge in [0.05, 0.1) is 0 Å². The molecule has 0 atom stereocenters. The van der Waals surface area contributed by atoms with Crippen molar-refractivity contribution in [3.63, 3.8) is 0 Å². The Bertz CT molecular complexity index is 543. The van der Waals surface area contributed by atoms with Gasteiger partial charge in [-0.05, 0) is 34.8 Å². The molecule has 1 N–H and O–H groups in total. The zero-order valence-electron chi connectivity index (χ0n) is 9.96. The van der Waals surface area contributed by atoms with Crippen LogP contribution in [0.3, 0.4) is 0 Å². The average Bonchev–Trinajstić information content (AvgIpc) is 3.12. The van der Waals surface area contributed by atoms with Gasteiger partial charge in [0.15, 0.2) is 5.78 Å². The maximum atomic E-state index is 11.9. The number of ketones is 1. The van der Waals surface area contributed by atoms with Crippen LogP contribution < -0.4 is 0 Å². The van der Waals surface area contributed by atoms with Crippen molar-refractivity contribution < 1.29 is 4.79 Å². The first-order chi connectivity index (χ1) is 8.25. The number of hydrogen-bond acceptors (Lipinski definition) is 2. The topological polar surface area (TPSA) is 45.8 Å². The van der Waals surface area contributed by atoms with E-state index >= 15 is 0 Å². The summed E-state index contributed by atoms with van der Waals surface area (Å²) in [5.74, 6) is 0.504. The van der Waals surface area contributed by atoms with E-state index in [1.807, 2.05) is 19.9 Å². The van der Waals surface area contributed by atoms with Crippen molar-refractivity contribution in [1.82, 2.24) is 9.97 Å². The highest BCUT2D eigenvalue weighted by Crippen LogP contribution is 2.34. The summed E-state index contributed by atoms with van der Waals surface area (Å²) >= 11 is 3.37. The molecule has 90 valence electrons. The van der Waals surface area contributed by atoms with Gasteiger partial charge in [-0.25, -0.2) is 4.98 Å². The molecule has 1 aliphatic rings. The summed E-state index contributed by atoms with van der Waals surface area (Å²) in [6.07, 6.45) is 5.56. The lowest BCUT2D eigenvalue weighted by molar-refractivity contribution is 0.0969. The minimum Gasteiger partial charge on any atom is -0.345 e. The number of rotatable bonds is 2. The molecular formula is C13H15BrN2O. The number of pyridine rings is 1. The number of H-pyrrole nitrogens is 1. The molecule has 3 rings (SSSR count). The summed E-state index contributed by atoms with van der Waals surface area (Å²) in [7, 11) is 0. The Morgan fingerprint density at radius 3 is 2.82 bits per heavy atom. The first-order valence-corrected chi connectivity index (χ1v) is 6.72. The summed E-state index contributed by atoms with van der Waals surface area (Å²) in [5, 5.41) is 0.918. The van der Waals surface area contributed by atoms with Crippen molar-refractivity contribution in [3.8, 4) is 0 Å². The number of Topliss-reactive ketones (excluding diaryl/α,β-unsaturated/α-hetero) is 1. The third-order valence-electron chi connectivity index (χ3n) is 2.71. The van der Waals surface area contributed by atoms with E-state index in [0.717, 1.165) is 33.9 Å². The molecule has 0 aliphatic heterocycles. The fourth-order valence-electron chi connectivity index (χ4n) is 1.75. The first kappa shape index (κ1) is 12.3. The van der Waals surface area contributed by atoms with Crippen LogP contribution in [0.4, 0.5) is 0 Å². The molecule has 2 heterocycles. The van der Waals surface area contributed by atoms with Crippen LogP contribution in [-0.4, -0.2) is 15.8 Å². The molecule has 17 heavy (non-hydrogen) atoms. The van der Waals surface area contributed by atoms with Gasteiger partial charge in [0, 0.05) is 33.7 Å². The molecule has 0 unspecified atom stereocenters. The molecule has 2 aromatic heterocycles. The molecule has 4 heteroatoms. The quantitative estimate of drug-likeness (QED) is 0.853. The summed E-state index contributed by atoms with van der Waals surface area (Å²) in [6.45, 7) is 4.00. The van der Waals surface area contributed by atoms with Crippen LogP contribution in [0.5, 0.6) is 0 Å². The van der Waals surface area contributed by atoms with Crippen LogP contribution in [0.15, 0.2) is 22.9 Å². The number of nitrogens with zero attached hydrogens (tertiary/aromatic N) is 1. The second-order valence-electron chi connectivity index (χ2n) is 3.89. The highest BCUT2D eigenvalue weighted by atomic mass is 79.9. The van der Waals surface area contributed by atoms with E-state index in [0.29, 0.717) is 0 Å². The van der Waals surface area contributed by atoms with Crippen molar-refractivity contribution in [2.45, 2.75) is 26.7 Å². The molecule has 0 spiro atoms. The number of carbonyl (C=O) groups is 1. The first-order valence-electron chi connectivity index (χ1n) is 5.92. The number of halogens is 1. The van der Waals surface area contributed by atoms with Crippen molar-refractivity contribution in [2.75, 3.05) is 0 Å². The van der Waals surface area contributed by atoms with Crippen molar-refractivity contribution in [2.24, 2.45) is 5.92 Å². The largest absolute Gasteiger partial charge is 0.345 e. The number of nitrogens with one attached hydrogen (secondary N) is 1. The van der Waals surface area contributed by atoms with Crippen molar-refractivity contribution in [1.29, 1.82) is 0 Å². The van der Waals surface area contributed by atoms with Crippen molar-refractivity contribution in [3.05, 3.63) is 28.5 Å². The van der Waals surface area contributed by atoms with E-state index in [1.165, 1.54) is 0 Å². The zero-order valence-corrected chi connectivity index (χ0v) is 11.5. The normalized spacial score (nSPS) is 14.3. The lowest BCUT2D eigenvalue weighted by atomic mass is 10.1. The van der Waals surface area contributed by atoms with E-state index in [9.17, 15) is 4.79 Å². The van der Waals surface area contributed by atoms with Crippen LogP contribution in [0, 0.1) is 5.92 Å². The number of aromatic nitrogens is 2. The van der Waals surface area contributed by atoms with Crippen LogP contribution >= 0.6 is 15.9 Å². The number of fused-ring (bicyclic) bond motifs is 1. The Labute approximate surface area is 109 Å². The van der Waals surface area contributed by atoms with Crippen LogP contribution in [0.25, 0.3) is 11.0 Å². The van der Waals surface area contributed by atoms with Gasteiger partial charge < -0.3 is 4.98 Å². The maximum absolute atomic E-state index is 11.9. The maximum Gasteiger partial charge on any atom is 0.168 e. The molecule has 0 amide bonds. The number of carbonyl (C=O) groups excluding carboxylic acids is 1. The van der Waals surface area contributed by atoms with Gasteiger partial charge in [0.25, 0.3) is 0 Å². The Balaban J connectivity index is 0.000000514. The van der Waals surface area contributed by atoms with E-state index < -0.39 is 0 Å². The van der Waals surface area contributed by atoms with Gasteiger partial charge in [-0.3, -0.25) is 4.79 Å². The molecule has 0 aromatic carbocycles. The second-order valence-corrected chi connectivity index (χ2v) is 4.81.